The number of nitrogens with one attached hydrogen (secondary N) is 2. The minimum absolute atomic E-state index is 0.106. The number of anilines is 2. The Morgan fingerprint density at radius 3 is 2.16 bits per heavy atom. The van der Waals surface area contributed by atoms with Crippen molar-refractivity contribution < 1.29 is 31.5 Å². The lowest BCUT2D eigenvalue weighted by Gasteiger charge is -2.15. The first-order valence-electron chi connectivity index (χ1n) is 6.83. The first kappa shape index (κ1) is 18.4. The van der Waals surface area contributed by atoms with E-state index in [1.165, 1.54) is 0 Å². The highest BCUT2D eigenvalue weighted by Crippen LogP contribution is 2.36. The van der Waals surface area contributed by atoms with Crippen molar-refractivity contribution in [2.45, 2.75) is 13.1 Å². The standard InChI is InChI=1S/C16H11F5N2O2/c1-8(24)22-10-3-5-14(11(7-10)16(19,20)21)23-15(25)9-2-4-12(17)13(18)6-9/h2-7H,1H3,(H,22,24)(H,23,25). The molecular formula is C16H11F5N2O2. The van der Waals surface area contributed by atoms with Crippen LogP contribution in [0.5, 0.6) is 0 Å². The molecule has 0 unspecified atom stereocenters. The highest BCUT2D eigenvalue weighted by Gasteiger charge is 2.34. The molecule has 0 saturated heterocycles. The number of carbonyl (C=O) groups is 2. The molecule has 132 valence electrons. The summed E-state index contributed by atoms with van der Waals surface area (Å²) in [5.74, 6) is -4.10. The molecular weight excluding hydrogens is 347 g/mol. The van der Waals surface area contributed by atoms with Gasteiger partial charge in [-0.25, -0.2) is 8.78 Å². The smallest absolute Gasteiger partial charge is 0.326 e. The van der Waals surface area contributed by atoms with E-state index in [-0.39, 0.29) is 11.3 Å². The predicted octanol–water partition coefficient (Wildman–Crippen LogP) is 4.19. The van der Waals surface area contributed by atoms with Gasteiger partial charge in [0, 0.05) is 18.2 Å². The third-order valence-electron chi connectivity index (χ3n) is 3.08. The third kappa shape index (κ3) is 4.52. The van der Waals surface area contributed by atoms with E-state index >= 15 is 0 Å². The van der Waals surface area contributed by atoms with E-state index < -0.39 is 40.9 Å². The number of amides is 2. The molecule has 2 N–H and O–H groups in total. The topological polar surface area (TPSA) is 58.2 Å². The Bertz CT molecular complexity index is 834. The van der Waals surface area contributed by atoms with Gasteiger partial charge in [-0.2, -0.15) is 13.2 Å². The molecule has 0 bridgehead atoms. The average molecular weight is 358 g/mol. The lowest BCUT2D eigenvalue weighted by molar-refractivity contribution is -0.137. The van der Waals surface area contributed by atoms with E-state index in [0.717, 1.165) is 25.1 Å². The lowest BCUT2D eigenvalue weighted by atomic mass is 10.1. The van der Waals surface area contributed by atoms with Gasteiger partial charge in [0.15, 0.2) is 11.6 Å². The van der Waals surface area contributed by atoms with E-state index in [4.69, 9.17) is 0 Å². The van der Waals surface area contributed by atoms with Crippen LogP contribution in [0.25, 0.3) is 0 Å². The van der Waals surface area contributed by atoms with Crippen LogP contribution in [0.2, 0.25) is 0 Å². The molecule has 0 radical (unpaired) electrons. The highest BCUT2D eigenvalue weighted by atomic mass is 19.4. The maximum atomic E-state index is 13.2. The average Bonchev–Trinajstić information content (AvgIpc) is 2.49. The number of alkyl halides is 3. The summed E-state index contributed by atoms with van der Waals surface area (Å²) in [6.07, 6.45) is -4.81. The van der Waals surface area contributed by atoms with Crippen molar-refractivity contribution in [3.05, 3.63) is 59.2 Å². The van der Waals surface area contributed by atoms with E-state index in [1.54, 1.807) is 0 Å². The van der Waals surface area contributed by atoms with Crippen LogP contribution in [0.4, 0.5) is 33.3 Å². The van der Waals surface area contributed by atoms with Crippen molar-refractivity contribution in [2.75, 3.05) is 10.6 Å². The summed E-state index contributed by atoms with van der Waals surface area (Å²) in [7, 11) is 0. The molecule has 0 spiro atoms. The molecule has 0 aliphatic heterocycles. The first-order valence-corrected chi connectivity index (χ1v) is 6.83. The molecule has 25 heavy (non-hydrogen) atoms. The van der Waals surface area contributed by atoms with Crippen molar-refractivity contribution in [2.24, 2.45) is 0 Å². The summed E-state index contributed by atoms with van der Waals surface area (Å²) in [6, 6.07) is 4.97. The number of hydrogen-bond acceptors (Lipinski definition) is 2. The first-order chi connectivity index (χ1) is 11.6. The fourth-order valence-electron chi connectivity index (χ4n) is 2.00. The van der Waals surface area contributed by atoms with Crippen LogP contribution < -0.4 is 10.6 Å². The largest absolute Gasteiger partial charge is 0.418 e. The minimum atomic E-state index is -4.81. The van der Waals surface area contributed by atoms with Gasteiger partial charge in [-0.3, -0.25) is 9.59 Å². The minimum Gasteiger partial charge on any atom is -0.326 e. The van der Waals surface area contributed by atoms with Gasteiger partial charge in [-0.15, -0.1) is 0 Å². The van der Waals surface area contributed by atoms with Crippen LogP contribution in [-0.4, -0.2) is 11.8 Å². The zero-order valence-electron chi connectivity index (χ0n) is 12.7. The predicted molar refractivity (Wildman–Crippen MR) is 80.1 cm³/mol. The lowest BCUT2D eigenvalue weighted by Crippen LogP contribution is -2.17. The Morgan fingerprint density at radius 1 is 0.920 bits per heavy atom. The van der Waals surface area contributed by atoms with Crippen LogP contribution >= 0.6 is 0 Å². The van der Waals surface area contributed by atoms with Crippen molar-refractivity contribution in [1.82, 2.24) is 0 Å². The second-order valence-corrected chi connectivity index (χ2v) is 5.02. The zero-order valence-corrected chi connectivity index (χ0v) is 12.7. The van der Waals surface area contributed by atoms with Gasteiger partial charge in [-0.1, -0.05) is 0 Å². The van der Waals surface area contributed by atoms with Crippen LogP contribution in [0, 0.1) is 11.6 Å². The molecule has 4 nitrogen and oxygen atoms in total. The molecule has 0 aromatic heterocycles. The Balaban J connectivity index is 2.35. The fourth-order valence-corrected chi connectivity index (χ4v) is 2.00. The van der Waals surface area contributed by atoms with Gasteiger partial charge >= 0.3 is 6.18 Å². The summed E-state index contributed by atoms with van der Waals surface area (Å²) >= 11 is 0. The Kier molecular flexibility index (Phi) is 5.05. The number of hydrogen-bond donors (Lipinski definition) is 2. The van der Waals surface area contributed by atoms with Gasteiger partial charge in [0.25, 0.3) is 5.91 Å². The Morgan fingerprint density at radius 2 is 1.60 bits per heavy atom. The molecule has 0 aliphatic rings. The number of carbonyl (C=O) groups excluding carboxylic acids is 2. The fraction of sp³-hybridized carbons (Fsp3) is 0.125. The zero-order chi connectivity index (χ0) is 18.8. The Hall–Kier alpha value is -2.97. The van der Waals surface area contributed by atoms with Gasteiger partial charge in [0.05, 0.1) is 11.3 Å². The van der Waals surface area contributed by atoms with E-state index in [1.807, 2.05) is 5.32 Å². The summed E-state index contributed by atoms with van der Waals surface area (Å²) in [5.41, 5.74) is -2.24. The number of halogens is 5. The quantitative estimate of drug-likeness (QED) is 0.808. The molecule has 0 atom stereocenters. The maximum absolute atomic E-state index is 13.2. The van der Waals surface area contributed by atoms with Gasteiger partial charge in [-0.05, 0) is 36.4 Å². The molecule has 0 saturated carbocycles. The highest BCUT2D eigenvalue weighted by molar-refractivity contribution is 6.05. The second-order valence-electron chi connectivity index (χ2n) is 5.02. The number of rotatable bonds is 3. The van der Waals surface area contributed by atoms with E-state index in [9.17, 15) is 31.5 Å². The maximum Gasteiger partial charge on any atom is 0.418 e. The number of benzene rings is 2. The molecule has 9 heteroatoms. The van der Waals surface area contributed by atoms with Crippen molar-refractivity contribution in [1.29, 1.82) is 0 Å². The normalized spacial score (nSPS) is 11.1. The summed E-state index contributed by atoms with van der Waals surface area (Å²) in [4.78, 5) is 22.9. The molecule has 0 heterocycles. The van der Waals surface area contributed by atoms with Gasteiger partial charge < -0.3 is 10.6 Å². The molecule has 2 amide bonds. The molecule has 0 aliphatic carbocycles. The van der Waals surface area contributed by atoms with Crippen LogP contribution in [0.3, 0.4) is 0 Å². The second kappa shape index (κ2) is 6.88. The summed E-state index contributed by atoms with van der Waals surface area (Å²) in [5, 5.41) is 4.20. The Labute approximate surface area is 138 Å². The SMILES string of the molecule is CC(=O)Nc1ccc(NC(=O)c2ccc(F)c(F)c2)c(C(F)(F)F)c1. The van der Waals surface area contributed by atoms with Gasteiger partial charge in [0.2, 0.25) is 5.91 Å². The van der Waals surface area contributed by atoms with E-state index in [2.05, 4.69) is 5.32 Å². The summed E-state index contributed by atoms with van der Waals surface area (Å²) in [6.45, 7) is 1.13. The van der Waals surface area contributed by atoms with E-state index in [0.29, 0.717) is 18.2 Å². The molecule has 2 aromatic carbocycles. The van der Waals surface area contributed by atoms with Gasteiger partial charge in [0.1, 0.15) is 0 Å². The molecule has 0 fully saturated rings. The van der Waals surface area contributed by atoms with Crippen molar-refractivity contribution >= 4 is 23.2 Å². The van der Waals surface area contributed by atoms with Crippen LogP contribution in [0.1, 0.15) is 22.8 Å². The van der Waals surface area contributed by atoms with Crippen molar-refractivity contribution in [3.63, 3.8) is 0 Å². The monoisotopic (exact) mass is 358 g/mol. The summed E-state index contributed by atoms with van der Waals surface area (Å²) < 4.78 is 65.5. The molecule has 2 rings (SSSR count). The van der Waals surface area contributed by atoms with Crippen LogP contribution in [0.15, 0.2) is 36.4 Å². The van der Waals surface area contributed by atoms with Crippen LogP contribution in [-0.2, 0) is 11.0 Å². The third-order valence-corrected chi connectivity index (χ3v) is 3.08. The van der Waals surface area contributed by atoms with Crippen molar-refractivity contribution in [3.8, 4) is 0 Å². The molecule has 2 aromatic rings.